The lowest BCUT2D eigenvalue weighted by molar-refractivity contribution is 0.163. The maximum Gasteiger partial charge on any atom is 0.433 e. The van der Waals surface area contributed by atoms with E-state index >= 15 is 0 Å². The lowest BCUT2D eigenvalue weighted by Gasteiger charge is -2.13. The molecule has 0 unspecified atom stereocenters. The molecule has 0 radical (unpaired) electrons. The molecular formula is C13H13N3O3S. The highest BCUT2D eigenvalue weighted by Crippen LogP contribution is 2.32. The first kappa shape index (κ1) is 13.0. The Bertz CT molecular complexity index is 760. The number of hydrogen-bond acceptors (Lipinski definition) is 5. The first-order valence-corrected chi connectivity index (χ1v) is 7.21. The highest BCUT2D eigenvalue weighted by atomic mass is 32.1. The predicted octanol–water partition coefficient (Wildman–Crippen LogP) is 2.07. The minimum absolute atomic E-state index is 0.0988. The number of hydrogen-bond donors (Lipinski definition) is 1. The van der Waals surface area contributed by atoms with E-state index in [0.717, 1.165) is 21.0 Å². The molecule has 3 rings (SSSR count). The van der Waals surface area contributed by atoms with Gasteiger partial charge in [-0.25, -0.2) is 9.78 Å². The van der Waals surface area contributed by atoms with Crippen LogP contribution in [0.1, 0.15) is 23.8 Å². The van der Waals surface area contributed by atoms with E-state index < -0.39 is 6.09 Å². The summed E-state index contributed by atoms with van der Waals surface area (Å²) >= 11 is 1.49. The molecule has 7 heteroatoms. The van der Waals surface area contributed by atoms with Gasteiger partial charge in [0.25, 0.3) is 5.56 Å². The fourth-order valence-electron chi connectivity index (χ4n) is 2.38. The van der Waals surface area contributed by atoms with E-state index in [2.05, 4.69) is 15.0 Å². The smallest absolute Gasteiger partial charge is 0.433 e. The average molecular weight is 291 g/mol. The summed E-state index contributed by atoms with van der Waals surface area (Å²) in [4.78, 5) is 35.8. The topological polar surface area (TPSA) is 84.4 Å². The number of aliphatic imine (C=N–C) groups is 1. The summed E-state index contributed by atoms with van der Waals surface area (Å²) in [6.45, 7) is 2.07. The molecule has 0 saturated heterocycles. The number of aryl methyl sites for hydroxylation is 1. The molecule has 104 valence electrons. The number of nitrogens with zero attached hydrogens (tertiary/aromatic N) is 2. The van der Waals surface area contributed by atoms with Gasteiger partial charge in [-0.15, -0.1) is 11.3 Å². The summed E-state index contributed by atoms with van der Waals surface area (Å²) in [7, 11) is 0. The second-order valence-corrected chi connectivity index (χ2v) is 5.55. The Hall–Kier alpha value is -2.02. The second-order valence-electron chi connectivity index (χ2n) is 4.47. The van der Waals surface area contributed by atoms with Crippen molar-refractivity contribution in [1.82, 2.24) is 9.97 Å². The number of H-pyrrole nitrogens is 1. The molecule has 1 aliphatic rings. The molecule has 0 bridgehead atoms. The van der Waals surface area contributed by atoms with Gasteiger partial charge >= 0.3 is 6.09 Å². The van der Waals surface area contributed by atoms with Gasteiger partial charge < -0.3 is 9.72 Å². The van der Waals surface area contributed by atoms with E-state index in [1.807, 2.05) is 0 Å². The second kappa shape index (κ2) is 5.16. The fourth-order valence-corrected chi connectivity index (χ4v) is 3.60. The van der Waals surface area contributed by atoms with Crippen LogP contribution in [-0.2, 0) is 17.6 Å². The van der Waals surface area contributed by atoms with Gasteiger partial charge in [0, 0.05) is 17.0 Å². The standard InChI is InChI=1S/C13H13N3O3S/c1-2-19-13(18)16-7-3-4-8-9(5-7)20-12-10(8)11(17)14-6-15-12/h6H,2-5H2,1H3,(H,14,15,17)/b16-7-. The van der Waals surface area contributed by atoms with Crippen LogP contribution in [0.25, 0.3) is 10.2 Å². The molecule has 20 heavy (non-hydrogen) atoms. The Morgan fingerprint density at radius 1 is 1.55 bits per heavy atom. The number of thiophene rings is 1. The van der Waals surface area contributed by atoms with Crippen LogP contribution in [0.3, 0.4) is 0 Å². The Morgan fingerprint density at radius 2 is 2.40 bits per heavy atom. The number of rotatable bonds is 1. The third-order valence-electron chi connectivity index (χ3n) is 3.22. The van der Waals surface area contributed by atoms with Gasteiger partial charge in [-0.3, -0.25) is 4.79 Å². The third kappa shape index (κ3) is 2.24. The van der Waals surface area contributed by atoms with Gasteiger partial charge in [0.05, 0.1) is 18.3 Å². The Balaban J connectivity index is 1.97. The first-order valence-electron chi connectivity index (χ1n) is 6.40. The van der Waals surface area contributed by atoms with E-state index in [4.69, 9.17) is 4.74 Å². The molecule has 1 amide bonds. The fraction of sp³-hybridized carbons (Fsp3) is 0.385. The van der Waals surface area contributed by atoms with Crippen LogP contribution in [0.15, 0.2) is 16.1 Å². The molecule has 1 aliphatic carbocycles. The number of carbonyl (C=O) groups is 1. The number of ether oxygens (including phenoxy) is 1. The molecule has 0 fully saturated rings. The normalized spacial score (nSPS) is 16.4. The molecule has 2 heterocycles. The van der Waals surface area contributed by atoms with Gasteiger partial charge in [0.15, 0.2) is 0 Å². The summed E-state index contributed by atoms with van der Waals surface area (Å²) in [5.74, 6) is 0. The molecule has 2 aromatic heterocycles. The number of amides is 1. The quantitative estimate of drug-likeness (QED) is 0.871. The van der Waals surface area contributed by atoms with Crippen LogP contribution in [0, 0.1) is 0 Å². The van der Waals surface area contributed by atoms with Gasteiger partial charge in [0.2, 0.25) is 0 Å². The van der Waals surface area contributed by atoms with E-state index in [1.165, 1.54) is 17.7 Å². The molecule has 0 aliphatic heterocycles. The first-order chi connectivity index (χ1) is 9.69. The summed E-state index contributed by atoms with van der Waals surface area (Å²) in [6.07, 6.45) is 2.85. The SMILES string of the molecule is CCOC(=O)/N=C1/CCc2c(sc3nc[nH]c(=O)c23)C1. The van der Waals surface area contributed by atoms with Gasteiger partial charge in [-0.2, -0.15) is 4.99 Å². The summed E-state index contributed by atoms with van der Waals surface area (Å²) < 4.78 is 4.82. The van der Waals surface area contributed by atoms with Crippen LogP contribution in [0.5, 0.6) is 0 Å². The van der Waals surface area contributed by atoms with Gasteiger partial charge in [0.1, 0.15) is 4.83 Å². The van der Waals surface area contributed by atoms with Crippen molar-refractivity contribution >= 4 is 33.4 Å². The van der Waals surface area contributed by atoms with Gasteiger partial charge in [-0.1, -0.05) is 0 Å². The Kier molecular flexibility index (Phi) is 3.35. The molecule has 0 saturated carbocycles. The van der Waals surface area contributed by atoms with Crippen LogP contribution in [-0.4, -0.2) is 28.4 Å². The molecule has 6 nitrogen and oxygen atoms in total. The zero-order valence-corrected chi connectivity index (χ0v) is 11.7. The van der Waals surface area contributed by atoms with Crippen molar-refractivity contribution in [1.29, 1.82) is 0 Å². The molecule has 1 N–H and O–H groups in total. The minimum Gasteiger partial charge on any atom is -0.448 e. The van der Waals surface area contributed by atoms with E-state index in [9.17, 15) is 9.59 Å². The lowest BCUT2D eigenvalue weighted by atomic mass is 9.95. The van der Waals surface area contributed by atoms with Crippen LogP contribution in [0.2, 0.25) is 0 Å². The summed E-state index contributed by atoms with van der Waals surface area (Å²) in [5.41, 5.74) is 1.75. The van der Waals surface area contributed by atoms with Crippen LogP contribution >= 0.6 is 11.3 Å². The number of aromatic amines is 1. The van der Waals surface area contributed by atoms with Crippen molar-refractivity contribution in [3.63, 3.8) is 0 Å². The molecule has 0 aromatic carbocycles. The van der Waals surface area contributed by atoms with Crippen molar-refractivity contribution in [3.8, 4) is 0 Å². The molecular weight excluding hydrogens is 278 g/mol. The highest BCUT2D eigenvalue weighted by molar-refractivity contribution is 7.19. The lowest BCUT2D eigenvalue weighted by Crippen LogP contribution is -2.16. The van der Waals surface area contributed by atoms with E-state index in [0.29, 0.717) is 31.3 Å². The molecule has 0 spiro atoms. The van der Waals surface area contributed by atoms with Crippen molar-refractivity contribution in [3.05, 3.63) is 27.1 Å². The maximum atomic E-state index is 11.9. The average Bonchev–Trinajstić information content (AvgIpc) is 2.77. The van der Waals surface area contributed by atoms with E-state index in [1.54, 1.807) is 6.92 Å². The van der Waals surface area contributed by atoms with Crippen LogP contribution in [0.4, 0.5) is 4.79 Å². The summed E-state index contributed by atoms with van der Waals surface area (Å²) in [6, 6.07) is 0. The number of aromatic nitrogens is 2. The molecule has 0 atom stereocenters. The number of carbonyl (C=O) groups excluding carboxylic acids is 1. The predicted molar refractivity (Wildman–Crippen MR) is 76.7 cm³/mol. The zero-order chi connectivity index (χ0) is 14.1. The Labute approximate surface area is 118 Å². The van der Waals surface area contributed by atoms with Crippen molar-refractivity contribution in [2.45, 2.75) is 26.2 Å². The van der Waals surface area contributed by atoms with E-state index in [-0.39, 0.29) is 5.56 Å². The van der Waals surface area contributed by atoms with Gasteiger partial charge in [-0.05, 0) is 25.3 Å². The van der Waals surface area contributed by atoms with Crippen molar-refractivity contribution < 1.29 is 9.53 Å². The minimum atomic E-state index is -0.539. The Morgan fingerprint density at radius 3 is 3.20 bits per heavy atom. The maximum absolute atomic E-state index is 11.9. The number of fused-ring (bicyclic) bond motifs is 3. The monoisotopic (exact) mass is 291 g/mol. The summed E-state index contributed by atoms with van der Waals surface area (Å²) in [5, 5.41) is 0.683. The van der Waals surface area contributed by atoms with Crippen molar-refractivity contribution in [2.24, 2.45) is 4.99 Å². The highest BCUT2D eigenvalue weighted by Gasteiger charge is 2.22. The zero-order valence-electron chi connectivity index (χ0n) is 10.9. The largest absolute Gasteiger partial charge is 0.448 e. The van der Waals surface area contributed by atoms with Crippen LogP contribution < -0.4 is 5.56 Å². The number of nitrogens with one attached hydrogen (secondary N) is 1. The van der Waals surface area contributed by atoms with Crippen molar-refractivity contribution in [2.75, 3.05) is 6.61 Å². The third-order valence-corrected chi connectivity index (χ3v) is 4.36. The molecule has 2 aromatic rings.